The van der Waals surface area contributed by atoms with Crippen LogP contribution in [-0.4, -0.2) is 28.3 Å². The number of hydrogen-bond donors (Lipinski definition) is 1. The molecule has 0 amide bonds. The second-order valence-corrected chi connectivity index (χ2v) is 5.15. The van der Waals surface area contributed by atoms with Crippen LogP contribution in [-0.2, 0) is 4.79 Å². The summed E-state index contributed by atoms with van der Waals surface area (Å²) in [5.41, 5.74) is 1.84. The van der Waals surface area contributed by atoms with Gasteiger partial charge in [0.1, 0.15) is 5.75 Å². The Labute approximate surface area is 138 Å². The van der Waals surface area contributed by atoms with Crippen molar-refractivity contribution in [1.82, 2.24) is 0 Å². The normalized spacial score (nSPS) is 12.1. The average Bonchev–Trinajstić information content (AvgIpc) is 2.55. The summed E-state index contributed by atoms with van der Waals surface area (Å²) in [6, 6.07) is 11.5. The van der Waals surface area contributed by atoms with Crippen LogP contribution < -0.4 is 4.74 Å². The lowest BCUT2D eigenvalue weighted by atomic mass is 10.2. The number of benzene rings is 2. The molecule has 1 atom stereocenters. The van der Waals surface area contributed by atoms with Crippen LogP contribution in [0.2, 0.25) is 0 Å². The molecule has 0 aliphatic heterocycles. The first-order valence-electron chi connectivity index (χ1n) is 7.15. The van der Waals surface area contributed by atoms with Gasteiger partial charge in [0.25, 0.3) is 5.69 Å². The molecule has 0 unspecified atom stereocenters. The number of nitro groups is 1. The van der Waals surface area contributed by atoms with E-state index in [1.165, 1.54) is 13.0 Å². The Hall–Kier alpha value is -3.22. The number of hydrogen-bond acceptors (Lipinski definition) is 5. The van der Waals surface area contributed by atoms with Gasteiger partial charge in [-0.1, -0.05) is 6.07 Å². The predicted octanol–water partition coefficient (Wildman–Crippen LogP) is 3.51. The van der Waals surface area contributed by atoms with Crippen LogP contribution in [0.15, 0.2) is 47.5 Å². The molecule has 7 nitrogen and oxygen atoms in total. The van der Waals surface area contributed by atoms with Crippen molar-refractivity contribution in [3.63, 3.8) is 0 Å². The third kappa shape index (κ3) is 4.39. The lowest BCUT2D eigenvalue weighted by Gasteiger charge is -2.09. The third-order valence-electron chi connectivity index (χ3n) is 3.29. The summed E-state index contributed by atoms with van der Waals surface area (Å²) in [6.07, 6.45) is 0.635. The Balaban J connectivity index is 2.11. The first-order valence-corrected chi connectivity index (χ1v) is 7.15. The van der Waals surface area contributed by atoms with Gasteiger partial charge in [0.2, 0.25) is 0 Å². The van der Waals surface area contributed by atoms with Gasteiger partial charge in [-0.2, -0.15) is 0 Å². The average molecular weight is 328 g/mol. The van der Waals surface area contributed by atoms with Gasteiger partial charge in [-0.15, -0.1) is 0 Å². The summed E-state index contributed by atoms with van der Waals surface area (Å²) < 4.78 is 5.23. The quantitative estimate of drug-likeness (QED) is 0.496. The van der Waals surface area contributed by atoms with E-state index in [4.69, 9.17) is 9.84 Å². The Morgan fingerprint density at radius 1 is 1.29 bits per heavy atom. The molecule has 0 aromatic heterocycles. The molecule has 2 aromatic rings. The summed E-state index contributed by atoms with van der Waals surface area (Å²) in [6.45, 7) is 3.12. The number of aryl methyl sites for hydroxylation is 1. The lowest BCUT2D eigenvalue weighted by molar-refractivity contribution is -0.385. The summed E-state index contributed by atoms with van der Waals surface area (Å²) in [5, 5.41) is 19.7. The minimum Gasteiger partial charge on any atom is -0.479 e. The summed E-state index contributed by atoms with van der Waals surface area (Å²) in [5.74, 6) is -0.602. The molecule has 0 heterocycles. The maximum atomic E-state index is 10.9. The maximum absolute atomic E-state index is 10.9. The fraction of sp³-hybridized carbons (Fsp3) is 0.176. The number of ether oxygens (including phenoxy) is 1. The maximum Gasteiger partial charge on any atom is 0.344 e. The molecule has 24 heavy (non-hydrogen) atoms. The predicted molar refractivity (Wildman–Crippen MR) is 89.3 cm³/mol. The van der Waals surface area contributed by atoms with E-state index in [2.05, 4.69) is 4.99 Å². The number of carboxylic acids is 1. The van der Waals surface area contributed by atoms with Crippen molar-refractivity contribution in [1.29, 1.82) is 0 Å². The van der Waals surface area contributed by atoms with Crippen molar-refractivity contribution in [2.24, 2.45) is 4.99 Å². The van der Waals surface area contributed by atoms with Crippen LogP contribution >= 0.6 is 0 Å². The standard InChI is InChI=1S/C17H16N2O5/c1-11-3-6-14(9-16(11)19(22)23)18-10-13-4-7-15(8-5-13)24-12(2)17(20)21/h3-10,12H,1-2H3,(H,20,21)/t12-/m1/s1. The van der Waals surface area contributed by atoms with Gasteiger partial charge in [-0.05, 0) is 49.7 Å². The molecule has 0 saturated heterocycles. The number of nitrogens with zero attached hydrogens (tertiary/aromatic N) is 2. The van der Waals surface area contributed by atoms with E-state index in [0.717, 1.165) is 5.56 Å². The summed E-state index contributed by atoms with van der Waals surface area (Å²) in [4.78, 5) is 25.4. The minimum absolute atomic E-state index is 0.0241. The first-order chi connectivity index (χ1) is 11.4. The SMILES string of the molecule is Cc1ccc(N=Cc2ccc(O[C@H](C)C(=O)O)cc2)cc1[N+](=O)[O-]. The monoisotopic (exact) mass is 328 g/mol. The van der Waals surface area contributed by atoms with Crippen LogP contribution in [0, 0.1) is 17.0 Å². The first kappa shape index (κ1) is 17.1. The van der Waals surface area contributed by atoms with E-state index in [1.807, 2.05) is 0 Å². The Kier molecular flexibility index (Phi) is 5.26. The number of rotatable bonds is 6. The highest BCUT2D eigenvalue weighted by Gasteiger charge is 2.12. The van der Waals surface area contributed by atoms with Crippen molar-refractivity contribution in [2.45, 2.75) is 20.0 Å². The molecule has 0 saturated carbocycles. The molecular weight excluding hydrogens is 312 g/mol. The molecule has 124 valence electrons. The molecule has 7 heteroatoms. The van der Waals surface area contributed by atoms with Gasteiger partial charge in [-0.25, -0.2) is 4.79 Å². The molecule has 0 aliphatic carbocycles. The number of carboxylic acid groups (broad SMARTS) is 1. The van der Waals surface area contributed by atoms with Crippen LogP contribution in [0.1, 0.15) is 18.1 Å². The number of carbonyl (C=O) groups is 1. The van der Waals surface area contributed by atoms with Crippen molar-refractivity contribution in [2.75, 3.05) is 0 Å². The zero-order valence-electron chi connectivity index (χ0n) is 13.2. The zero-order chi connectivity index (χ0) is 17.7. The van der Waals surface area contributed by atoms with Crippen molar-refractivity contribution >= 4 is 23.6 Å². The molecule has 2 aromatic carbocycles. The van der Waals surface area contributed by atoms with Gasteiger partial charge in [-0.3, -0.25) is 15.1 Å². The van der Waals surface area contributed by atoms with Crippen molar-refractivity contribution in [3.8, 4) is 5.75 Å². The van der Waals surface area contributed by atoms with Gasteiger partial charge < -0.3 is 9.84 Å². The summed E-state index contributed by atoms with van der Waals surface area (Å²) >= 11 is 0. The molecule has 0 radical (unpaired) electrons. The highest BCUT2D eigenvalue weighted by atomic mass is 16.6. The van der Waals surface area contributed by atoms with Gasteiger partial charge in [0.15, 0.2) is 6.10 Å². The fourth-order valence-electron chi connectivity index (χ4n) is 1.91. The highest BCUT2D eigenvalue weighted by Crippen LogP contribution is 2.24. The van der Waals surface area contributed by atoms with Crippen LogP contribution in [0.3, 0.4) is 0 Å². The van der Waals surface area contributed by atoms with Gasteiger partial charge >= 0.3 is 5.97 Å². The Bertz CT molecular complexity index is 784. The van der Waals surface area contributed by atoms with Gasteiger partial charge in [0, 0.05) is 17.8 Å². The van der Waals surface area contributed by atoms with E-state index in [-0.39, 0.29) is 5.69 Å². The van der Waals surface area contributed by atoms with E-state index < -0.39 is 17.0 Å². The van der Waals surface area contributed by atoms with E-state index in [0.29, 0.717) is 17.0 Å². The van der Waals surface area contributed by atoms with E-state index in [9.17, 15) is 14.9 Å². The fourth-order valence-corrected chi connectivity index (χ4v) is 1.91. The zero-order valence-corrected chi connectivity index (χ0v) is 13.2. The van der Waals surface area contributed by atoms with Gasteiger partial charge in [0.05, 0.1) is 10.6 Å². The topological polar surface area (TPSA) is 102 Å². The molecule has 0 spiro atoms. The highest BCUT2D eigenvalue weighted by molar-refractivity contribution is 5.82. The second-order valence-electron chi connectivity index (χ2n) is 5.15. The van der Waals surface area contributed by atoms with Crippen LogP contribution in [0.25, 0.3) is 0 Å². The second kappa shape index (κ2) is 7.36. The molecule has 0 bridgehead atoms. The lowest BCUT2D eigenvalue weighted by Crippen LogP contribution is -2.22. The molecule has 2 rings (SSSR count). The van der Waals surface area contributed by atoms with E-state index in [1.54, 1.807) is 49.5 Å². The number of nitro benzene ring substituents is 1. The number of aliphatic imine (C=N–C) groups is 1. The smallest absolute Gasteiger partial charge is 0.344 e. The van der Waals surface area contributed by atoms with Crippen molar-refractivity contribution < 1.29 is 19.6 Å². The Morgan fingerprint density at radius 3 is 2.54 bits per heavy atom. The molecule has 0 aliphatic rings. The molecule has 0 fully saturated rings. The summed E-state index contributed by atoms with van der Waals surface area (Å²) in [7, 11) is 0. The molecule has 1 N–H and O–H groups in total. The van der Waals surface area contributed by atoms with Crippen molar-refractivity contribution in [3.05, 3.63) is 63.7 Å². The minimum atomic E-state index is -1.04. The number of aliphatic carboxylic acids is 1. The molecular formula is C17H16N2O5. The van der Waals surface area contributed by atoms with E-state index >= 15 is 0 Å². The third-order valence-corrected chi connectivity index (χ3v) is 3.29. The Morgan fingerprint density at radius 2 is 1.96 bits per heavy atom. The van der Waals surface area contributed by atoms with Crippen LogP contribution in [0.5, 0.6) is 5.75 Å². The largest absolute Gasteiger partial charge is 0.479 e. The van der Waals surface area contributed by atoms with Crippen LogP contribution in [0.4, 0.5) is 11.4 Å².